The zero-order chi connectivity index (χ0) is 14.0. The van der Waals surface area contributed by atoms with Gasteiger partial charge in [-0.1, -0.05) is 39.5 Å². The van der Waals surface area contributed by atoms with Crippen molar-refractivity contribution < 1.29 is 0 Å². The lowest BCUT2D eigenvalue weighted by Crippen LogP contribution is -2.43. The van der Waals surface area contributed by atoms with Crippen LogP contribution in [0.25, 0.3) is 0 Å². The van der Waals surface area contributed by atoms with E-state index in [0.29, 0.717) is 17.5 Å². The van der Waals surface area contributed by atoms with Gasteiger partial charge in [0.25, 0.3) is 0 Å². The van der Waals surface area contributed by atoms with Crippen LogP contribution in [-0.2, 0) is 6.54 Å². The van der Waals surface area contributed by atoms with Crippen LogP contribution >= 0.6 is 0 Å². The van der Waals surface area contributed by atoms with Crippen LogP contribution in [0.3, 0.4) is 0 Å². The lowest BCUT2D eigenvalue weighted by atomic mass is 9.73. The van der Waals surface area contributed by atoms with Crippen LogP contribution in [0.4, 0.5) is 0 Å². The molecule has 1 aromatic rings. The molecule has 0 aliphatic heterocycles. The van der Waals surface area contributed by atoms with Gasteiger partial charge in [0.05, 0.1) is 11.7 Å². The fourth-order valence-electron chi connectivity index (χ4n) is 3.94. The van der Waals surface area contributed by atoms with Gasteiger partial charge in [-0.15, -0.1) is 0 Å². The number of hydrogen-bond acceptors (Lipinski definition) is 2. The van der Waals surface area contributed by atoms with Crippen LogP contribution in [0.1, 0.15) is 76.9 Å². The molecule has 1 heterocycles. The Labute approximate surface area is 123 Å². The summed E-state index contributed by atoms with van der Waals surface area (Å²) in [6, 6.07) is 3.50. The molecule has 0 aromatic carbocycles. The highest BCUT2D eigenvalue weighted by molar-refractivity contribution is 5.01. The van der Waals surface area contributed by atoms with E-state index in [4.69, 9.17) is 5.10 Å². The number of nitrogens with zero attached hydrogens (tertiary/aromatic N) is 2. The molecule has 3 nitrogen and oxygen atoms in total. The molecule has 112 valence electrons. The van der Waals surface area contributed by atoms with Crippen molar-refractivity contribution in [1.29, 1.82) is 0 Å². The Morgan fingerprint density at radius 3 is 2.70 bits per heavy atom. The molecule has 2 fully saturated rings. The number of hydrogen-bond donors (Lipinski definition) is 1. The van der Waals surface area contributed by atoms with Gasteiger partial charge < -0.3 is 5.32 Å². The highest BCUT2D eigenvalue weighted by Crippen LogP contribution is 2.35. The van der Waals surface area contributed by atoms with E-state index < -0.39 is 0 Å². The molecule has 3 heteroatoms. The molecule has 1 atom stereocenters. The molecular formula is C17H29N3. The van der Waals surface area contributed by atoms with Gasteiger partial charge in [0, 0.05) is 18.8 Å². The van der Waals surface area contributed by atoms with Gasteiger partial charge in [0.2, 0.25) is 0 Å². The largest absolute Gasteiger partial charge is 0.308 e. The predicted octanol–water partition coefficient (Wildman–Crippen LogP) is 4.06. The van der Waals surface area contributed by atoms with Crippen molar-refractivity contribution in [3.63, 3.8) is 0 Å². The van der Waals surface area contributed by atoms with E-state index in [1.807, 2.05) is 0 Å². The third-order valence-corrected chi connectivity index (χ3v) is 5.40. The highest BCUT2D eigenvalue weighted by atomic mass is 15.3. The summed E-state index contributed by atoms with van der Waals surface area (Å²) in [4.78, 5) is 0. The number of rotatable bonds is 4. The second-order valence-corrected chi connectivity index (χ2v) is 7.39. The maximum atomic E-state index is 4.78. The average Bonchev–Trinajstić information content (AvgIpc) is 3.08. The van der Waals surface area contributed by atoms with Crippen molar-refractivity contribution in [3.05, 3.63) is 18.0 Å². The predicted molar refractivity (Wildman–Crippen MR) is 82.6 cm³/mol. The SMILES string of the molecule is CC1(C)CCCCC1NCc1ccn(C2CCCC2)n1. The minimum Gasteiger partial charge on any atom is -0.308 e. The molecule has 0 radical (unpaired) electrons. The van der Waals surface area contributed by atoms with Gasteiger partial charge in [-0.25, -0.2) is 0 Å². The molecule has 1 N–H and O–H groups in total. The molecule has 0 spiro atoms. The van der Waals surface area contributed by atoms with Crippen LogP contribution in [0.2, 0.25) is 0 Å². The van der Waals surface area contributed by atoms with Gasteiger partial charge in [-0.3, -0.25) is 4.68 Å². The first-order valence-electron chi connectivity index (χ1n) is 8.42. The van der Waals surface area contributed by atoms with E-state index in [1.165, 1.54) is 57.1 Å². The molecule has 2 saturated carbocycles. The van der Waals surface area contributed by atoms with Crippen LogP contribution in [-0.4, -0.2) is 15.8 Å². The summed E-state index contributed by atoms with van der Waals surface area (Å²) in [5.74, 6) is 0. The van der Waals surface area contributed by atoms with Crippen molar-refractivity contribution in [1.82, 2.24) is 15.1 Å². The minimum absolute atomic E-state index is 0.437. The molecule has 1 aromatic heterocycles. The van der Waals surface area contributed by atoms with Crippen molar-refractivity contribution in [2.45, 2.75) is 83.8 Å². The Bertz CT molecular complexity index is 429. The van der Waals surface area contributed by atoms with Crippen molar-refractivity contribution >= 4 is 0 Å². The van der Waals surface area contributed by atoms with Crippen LogP contribution in [0, 0.1) is 5.41 Å². The smallest absolute Gasteiger partial charge is 0.0762 e. The third-order valence-electron chi connectivity index (χ3n) is 5.40. The van der Waals surface area contributed by atoms with Gasteiger partial charge in [-0.05, 0) is 37.2 Å². The average molecular weight is 275 g/mol. The highest BCUT2D eigenvalue weighted by Gasteiger charge is 2.31. The molecule has 2 aliphatic rings. The van der Waals surface area contributed by atoms with E-state index >= 15 is 0 Å². The Morgan fingerprint density at radius 2 is 1.95 bits per heavy atom. The maximum Gasteiger partial charge on any atom is 0.0762 e. The van der Waals surface area contributed by atoms with Crippen LogP contribution < -0.4 is 5.32 Å². The van der Waals surface area contributed by atoms with Gasteiger partial charge >= 0.3 is 0 Å². The second-order valence-electron chi connectivity index (χ2n) is 7.39. The fraction of sp³-hybridized carbons (Fsp3) is 0.824. The number of nitrogens with one attached hydrogen (secondary N) is 1. The van der Waals surface area contributed by atoms with Gasteiger partial charge in [0.15, 0.2) is 0 Å². The van der Waals surface area contributed by atoms with Crippen LogP contribution in [0.5, 0.6) is 0 Å². The third kappa shape index (κ3) is 3.08. The quantitative estimate of drug-likeness (QED) is 0.898. The topological polar surface area (TPSA) is 29.9 Å². The zero-order valence-corrected chi connectivity index (χ0v) is 13.1. The summed E-state index contributed by atoms with van der Waals surface area (Å²) in [5, 5.41) is 8.53. The first kappa shape index (κ1) is 14.1. The van der Waals surface area contributed by atoms with E-state index in [9.17, 15) is 0 Å². The standard InChI is InChI=1S/C17H29N3/c1-17(2)11-6-5-9-16(17)18-13-14-10-12-20(19-14)15-7-3-4-8-15/h10,12,15-16,18H,3-9,11,13H2,1-2H3. The minimum atomic E-state index is 0.437. The summed E-state index contributed by atoms with van der Waals surface area (Å²) in [7, 11) is 0. The lowest BCUT2D eigenvalue weighted by molar-refractivity contribution is 0.166. The van der Waals surface area contributed by atoms with Crippen molar-refractivity contribution in [3.8, 4) is 0 Å². The number of aromatic nitrogens is 2. The first-order chi connectivity index (χ1) is 9.65. The Balaban J connectivity index is 1.55. The summed E-state index contributed by atoms with van der Waals surface area (Å²) in [6.07, 6.45) is 13.0. The van der Waals surface area contributed by atoms with E-state index in [-0.39, 0.29) is 0 Å². The van der Waals surface area contributed by atoms with E-state index in [0.717, 1.165) is 6.54 Å². The maximum absolute atomic E-state index is 4.78. The molecule has 0 saturated heterocycles. The Hall–Kier alpha value is -0.830. The summed E-state index contributed by atoms with van der Waals surface area (Å²) < 4.78 is 2.20. The van der Waals surface area contributed by atoms with E-state index in [1.54, 1.807) is 0 Å². The van der Waals surface area contributed by atoms with Crippen molar-refractivity contribution in [2.24, 2.45) is 5.41 Å². The lowest BCUT2D eigenvalue weighted by Gasteiger charge is -2.39. The van der Waals surface area contributed by atoms with Crippen LogP contribution in [0.15, 0.2) is 12.3 Å². The Morgan fingerprint density at radius 1 is 1.20 bits per heavy atom. The zero-order valence-electron chi connectivity index (χ0n) is 13.1. The molecule has 3 rings (SSSR count). The molecule has 1 unspecified atom stereocenters. The molecule has 0 amide bonds. The molecular weight excluding hydrogens is 246 g/mol. The summed E-state index contributed by atoms with van der Waals surface area (Å²) in [5.41, 5.74) is 1.64. The first-order valence-corrected chi connectivity index (χ1v) is 8.42. The van der Waals surface area contributed by atoms with E-state index in [2.05, 4.69) is 36.1 Å². The molecule has 2 aliphatic carbocycles. The van der Waals surface area contributed by atoms with Crippen molar-refractivity contribution in [2.75, 3.05) is 0 Å². The van der Waals surface area contributed by atoms with Gasteiger partial charge in [-0.2, -0.15) is 5.10 Å². The van der Waals surface area contributed by atoms with Gasteiger partial charge in [0.1, 0.15) is 0 Å². The summed E-state index contributed by atoms with van der Waals surface area (Å²) >= 11 is 0. The molecule has 0 bridgehead atoms. The second kappa shape index (κ2) is 5.88. The normalized spacial score (nSPS) is 27.0. The molecule has 20 heavy (non-hydrogen) atoms. The summed E-state index contributed by atoms with van der Waals surface area (Å²) in [6.45, 7) is 5.73. The fourth-order valence-corrected chi connectivity index (χ4v) is 3.94. The Kier molecular flexibility index (Phi) is 4.16. The monoisotopic (exact) mass is 275 g/mol.